The molecule has 1 aliphatic carbocycles. The first-order valence-electron chi connectivity index (χ1n) is 8.76. The first-order valence-corrected chi connectivity index (χ1v) is 8.76. The van der Waals surface area contributed by atoms with Gasteiger partial charge in [0.25, 0.3) is 0 Å². The van der Waals surface area contributed by atoms with Crippen LogP contribution in [0.15, 0.2) is 65.2 Å². The van der Waals surface area contributed by atoms with Crippen LogP contribution in [0.4, 0.5) is 0 Å². The Labute approximate surface area is 151 Å². The van der Waals surface area contributed by atoms with Gasteiger partial charge in [-0.2, -0.15) is 0 Å². The van der Waals surface area contributed by atoms with E-state index in [0.717, 1.165) is 16.7 Å². The number of nitrogens with zero attached hydrogens (tertiary/aromatic N) is 1. The molecule has 1 heterocycles. The average molecular weight is 348 g/mol. The van der Waals surface area contributed by atoms with Crippen molar-refractivity contribution in [3.63, 3.8) is 0 Å². The Morgan fingerprint density at radius 2 is 1.92 bits per heavy atom. The smallest absolute Gasteiger partial charge is 0.221 e. The zero-order chi connectivity index (χ0) is 17.9. The van der Waals surface area contributed by atoms with E-state index in [1.807, 2.05) is 54.6 Å². The van der Waals surface area contributed by atoms with Gasteiger partial charge in [0.1, 0.15) is 0 Å². The minimum absolute atomic E-state index is 0.120. The summed E-state index contributed by atoms with van der Waals surface area (Å²) in [6, 6.07) is 17.2. The molecule has 1 amide bonds. The molecule has 0 aliphatic heterocycles. The van der Waals surface area contributed by atoms with Crippen molar-refractivity contribution >= 4 is 5.91 Å². The Morgan fingerprint density at radius 1 is 1.15 bits per heavy atom. The van der Waals surface area contributed by atoms with Crippen LogP contribution in [-0.4, -0.2) is 22.1 Å². The summed E-state index contributed by atoms with van der Waals surface area (Å²) in [6.07, 6.45) is 2.35. The van der Waals surface area contributed by atoms with Crippen LogP contribution in [0.3, 0.4) is 0 Å². The van der Waals surface area contributed by atoms with Gasteiger partial charge in [-0.05, 0) is 11.1 Å². The highest BCUT2D eigenvalue weighted by Crippen LogP contribution is 2.31. The Balaban J connectivity index is 1.36. The number of hydrogen-bond acceptors (Lipinski definition) is 4. The molecule has 5 nitrogen and oxygen atoms in total. The van der Waals surface area contributed by atoms with E-state index < -0.39 is 6.10 Å². The SMILES string of the molecule is O=C(CCc1ncc(-c2ccccc2)o1)NC1c2ccccc2CC1O. The summed E-state index contributed by atoms with van der Waals surface area (Å²) in [5.41, 5.74) is 3.04. The number of aromatic nitrogens is 1. The molecule has 5 heteroatoms. The molecule has 2 N–H and O–H groups in total. The maximum atomic E-state index is 12.3. The van der Waals surface area contributed by atoms with E-state index in [2.05, 4.69) is 10.3 Å². The molecule has 0 saturated heterocycles. The fraction of sp³-hybridized carbons (Fsp3) is 0.238. The van der Waals surface area contributed by atoms with Crippen LogP contribution in [0, 0.1) is 0 Å². The molecule has 0 bridgehead atoms. The summed E-state index contributed by atoms with van der Waals surface area (Å²) in [4.78, 5) is 16.6. The summed E-state index contributed by atoms with van der Waals surface area (Å²) in [5.74, 6) is 1.11. The predicted octanol–water partition coefficient (Wildman–Crippen LogP) is 3.05. The molecular weight excluding hydrogens is 328 g/mol. The summed E-state index contributed by atoms with van der Waals surface area (Å²) >= 11 is 0. The van der Waals surface area contributed by atoms with Gasteiger partial charge in [0.05, 0.1) is 18.3 Å². The number of hydrogen-bond donors (Lipinski definition) is 2. The number of aryl methyl sites for hydroxylation is 1. The first-order chi connectivity index (χ1) is 12.7. The van der Waals surface area contributed by atoms with Gasteiger partial charge in [-0.1, -0.05) is 54.6 Å². The quantitative estimate of drug-likeness (QED) is 0.743. The third-order valence-corrected chi connectivity index (χ3v) is 4.70. The maximum Gasteiger partial charge on any atom is 0.221 e. The molecule has 26 heavy (non-hydrogen) atoms. The van der Waals surface area contributed by atoms with Crippen molar-refractivity contribution in [2.24, 2.45) is 0 Å². The normalized spacial score (nSPS) is 18.5. The lowest BCUT2D eigenvalue weighted by atomic mass is 10.1. The van der Waals surface area contributed by atoms with Gasteiger partial charge in [-0.25, -0.2) is 4.98 Å². The summed E-state index contributed by atoms with van der Waals surface area (Å²) in [5, 5.41) is 13.2. The van der Waals surface area contributed by atoms with Gasteiger partial charge in [0.15, 0.2) is 11.7 Å². The van der Waals surface area contributed by atoms with E-state index in [4.69, 9.17) is 4.42 Å². The largest absolute Gasteiger partial charge is 0.441 e. The second-order valence-corrected chi connectivity index (χ2v) is 6.50. The number of amides is 1. The third-order valence-electron chi connectivity index (χ3n) is 4.70. The summed E-state index contributed by atoms with van der Waals surface area (Å²) in [7, 11) is 0. The molecule has 0 spiro atoms. The number of carbonyl (C=O) groups excluding carboxylic acids is 1. The lowest BCUT2D eigenvalue weighted by Crippen LogP contribution is -2.34. The van der Waals surface area contributed by atoms with Crippen molar-refractivity contribution < 1.29 is 14.3 Å². The van der Waals surface area contributed by atoms with Crippen molar-refractivity contribution in [2.75, 3.05) is 0 Å². The molecular formula is C21H20N2O3. The molecule has 2 atom stereocenters. The van der Waals surface area contributed by atoms with Gasteiger partial charge in [-0.3, -0.25) is 4.79 Å². The second-order valence-electron chi connectivity index (χ2n) is 6.50. The fourth-order valence-electron chi connectivity index (χ4n) is 3.38. The number of oxazole rings is 1. The summed E-state index contributed by atoms with van der Waals surface area (Å²) in [6.45, 7) is 0. The van der Waals surface area contributed by atoms with Crippen LogP contribution in [0.5, 0.6) is 0 Å². The number of aliphatic hydroxyl groups excluding tert-OH is 1. The molecule has 132 valence electrons. The molecule has 1 aromatic heterocycles. The zero-order valence-corrected chi connectivity index (χ0v) is 14.3. The number of carbonyl (C=O) groups is 1. The fourth-order valence-corrected chi connectivity index (χ4v) is 3.38. The standard InChI is InChI=1S/C21H20N2O3/c24-17-12-15-8-4-5-9-16(15)21(17)23-19(25)10-11-20-22-13-18(26-20)14-6-2-1-3-7-14/h1-9,13,17,21,24H,10-12H2,(H,23,25). The van der Waals surface area contributed by atoms with Crippen molar-refractivity contribution in [1.29, 1.82) is 0 Å². The highest BCUT2D eigenvalue weighted by molar-refractivity contribution is 5.77. The monoisotopic (exact) mass is 348 g/mol. The highest BCUT2D eigenvalue weighted by atomic mass is 16.4. The van der Waals surface area contributed by atoms with Gasteiger partial charge in [-0.15, -0.1) is 0 Å². The molecule has 3 aromatic rings. The molecule has 0 fully saturated rings. The molecule has 1 aliphatic rings. The number of aliphatic hydroxyl groups is 1. The number of fused-ring (bicyclic) bond motifs is 1. The van der Waals surface area contributed by atoms with Crippen LogP contribution < -0.4 is 5.32 Å². The second kappa shape index (κ2) is 7.14. The van der Waals surface area contributed by atoms with Crippen LogP contribution in [0.2, 0.25) is 0 Å². The molecule has 0 radical (unpaired) electrons. The van der Waals surface area contributed by atoms with E-state index >= 15 is 0 Å². The Hall–Kier alpha value is -2.92. The van der Waals surface area contributed by atoms with Crippen molar-refractivity contribution in [3.8, 4) is 11.3 Å². The van der Waals surface area contributed by atoms with Gasteiger partial charge in [0.2, 0.25) is 5.91 Å². The minimum atomic E-state index is -0.581. The maximum absolute atomic E-state index is 12.3. The van der Waals surface area contributed by atoms with Crippen molar-refractivity contribution in [1.82, 2.24) is 10.3 Å². The first kappa shape index (κ1) is 16.5. The average Bonchev–Trinajstić information content (AvgIpc) is 3.26. The van der Waals surface area contributed by atoms with E-state index in [1.165, 1.54) is 0 Å². The number of rotatable bonds is 5. The van der Waals surface area contributed by atoms with Gasteiger partial charge in [0, 0.05) is 24.8 Å². The Morgan fingerprint density at radius 3 is 2.77 bits per heavy atom. The van der Waals surface area contributed by atoms with Crippen molar-refractivity contribution in [3.05, 3.63) is 77.8 Å². The van der Waals surface area contributed by atoms with Crippen LogP contribution in [-0.2, 0) is 17.6 Å². The Kier molecular flexibility index (Phi) is 4.54. The zero-order valence-electron chi connectivity index (χ0n) is 14.3. The van der Waals surface area contributed by atoms with E-state index in [9.17, 15) is 9.90 Å². The number of nitrogens with one attached hydrogen (secondary N) is 1. The highest BCUT2D eigenvalue weighted by Gasteiger charge is 2.31. The number of benzene rings is 2. The topological polar surface area (TPSA) is 75.4 Å². The molecule has 2 unspecified atom stereocenters. The van der Waals surface area contributed by atoms with Crippen LogP contribution >= 0.6 is 0 Å². The van der Waals surface area contributed by atoms with E-state index in [-0.39, 0.29) is 18.4 Å². The predicted molar refractivity (Wildman–Crippen MR) is 97.3 cm³/mol. The minimum Gasteiger partial charge on any atom is -0.441 e. The molecule has 2 aromatic carbocycles. The van der Waals surface area contributed by atoms with Gasteiger partial charge < -0.3 is 14.8 Å². The van der Waals surface area contributed by atoms with Crippen LogP contribution in [0.1, 0.15) is 29.5 Å². The van der Waals surface area contributed by atoms with Crippen LogP contribution in [0.25, 0.3) is 11.3 Å². The van der Waals surface area contributed by atoms with E-state index in [0.29, 0.717) is 24.5 Å². The summed E-state index contributed by atoms with van der Waals surface area (Å²) < 4.78 is 5.73. The lowest BCUT2D eigenvalue weighted by molar-refractivity contribution is -0.122. The Bertz CT molecular complexity index is 904. The third kappa shape index (κ3) is 3.39. The molecule has 0 saturated carbocycles. The van der Waals surface area contributed by atoms with Gasteiger partial charge >= 0.3 is 0 Å². The van der Waals surface area contributed by atoms with Crippen molar-refractivity contribution in [2.45, 2.75) is 31.4 Å². The van der Waals surface area contributed by atoms with E-state index in [1.54, 1.807) is 6.20 Å². The lowest BCUT2D eigenvalue weighted by Gasteiger charge is -2.17. The molecule has 4 rings (SSSR count).